The van der Waals surface area contributed by atoms with Gasteiger partial charge < -0.3 is 19.4 Å². The molecule has 5 rings (SSSR count). The van der Waals surface area contributed by atoms with Crippen molar-refractivity contribution in [3.8, 4) is 11.3 Å². The zero-order valence-corrected chi connectivity index (χ0v) is 19.5. The fraction of sp³-hybridized carbons (Fsp3) is 0.0741. The lowest BCUT2D eigenvalue weighted by Gasteiger charge is -2.10. The normalized spacial score (nSPS) is 11.1. The molecule has 0 atom stereocenters. The fourth-order valence-corrected chi connectivity index (χ4v) is 4.46. The van der Waals surface area contributed by atoms with Crippen molar-refractivity contribution in [1.82, 2.24) is 4.57 Å². The smallest absolute Gasteiger partial charge is 0.352 e. The fourth-order valence-electron chi connectivity index (χ4n) is 4.06. The third-order valence-corrected chi connectivity index (χ3v) is 6.09. The van der Waals surface area contributed by atoms with Crippen molar-refractivity contribution in [3.05, 3.63) is 112 Å². The Labute approximate surface area is 206 Å². The summed E-state index contributed by atoms with van der Waals surface area (Å²) in [6.45, 7) is 0.845. The molecule has 0 spiro atoms. The highest BCUT2D eigenvalue weighted by Gasteiger charge is 2.17. The maximum Gasteiger partial charge on any atom is 0.352 e. The molecule has 5 nitrogen and oxygen atoms in total. The number of rotatable bonds is 7. The molecule has 0 bridgehead atoms. The average Bonchev–Trinajstić information content (AvgIpc) is 3.43. The van der Waals surface area contributed by atoms with E-state index in [1.54, 1.807) is 16.7 Å². The molecule has 0 radical (unpaired) electrons. The highest BCUT2D eigenvalue weighted by Crippen LogP contribution is 2.30. The van der Waals surface area contributed by atoms with Gasteiger partial charge in [-0.3, -0.25) is 0 Å². The number of nitrogens with one attached hydrogen (secondary N) is 1. The van der Waals surface area contributed by atoms with Crippen molar-refractivity contribution in [2.75, 3.05) is 5.32 Å². The molecule has 0 unspecified atom stereocenters. The summed E-state index contributed by atoms with van der Waals surface area (Å²) < 4.78 is 7.77. The predicted octanol–water partition coefficient (Wildman–Crippen LogP) is 7.57. The Morgan fingerprint density at radius 1 is 0.912 bits per heavy atom. The molecule has 2 N–H and O–H groups in total. The summed E-state index contributed by atoms with van der Waals surface area (Å²) in [5, 5.41) is 15.3. The Bertz CT molecular complexity index is 1500. The van der Waals surface area contributed by atoms with Crippen LogP contribution in [-0.4, -0.2) is 15.6 Å². The van der Waals surface area contributed by atoms with Crippen LogP contribution < -0.4 is 5.32 Å². The molecule has 0 aliphatic carbocycles. The quantitative estimate of drug-likeness (QED) is 0.247. The molecule has 2 aromatic heterocycles. The van der Waals surface area contributed by atoms with Crippen LogP contribution in [0.15, 0.2) is 89.3 Å². The van der Waals surface area contributed by atoms with E-state index in [9.17, 15) is 9.90 Å². The van der Waals surface area contributed by atoms with E-state index in [4.69, 9.17) is 27.6 Å². The number of carbonyl (C=O) groups is 1. The molecule has 0 aliphatic rings. The lowest BCUT2D eigenvalue weighted by molar-refractivity contribution is 0.0686. The minimum absolute atomic E-state index is 0.213. The molecule has 34 heavy (non-hydrogen) atoms. The molecule has 5 aromatic rings. The van der Waals surface area contributed by atoms with E-state index in [1.165, 1.54) is 0 Å². The minimum atomic E-state index is -0.985. The van der Waals surface area contributed by atoms with Crippen LogP contribution in [0.25, 0.3) is 22.2 Å². The van der Waals surface area contributed by atoms with E-state index in [1.807, 2.05) is 72.8 Å². The van der Waals surface area contributed by atoms with Gasteiger partial charge in [-0.05, 0) is 60.2 Å². The molecule has 0 aliphatic heterocycles. The van der Waals surface area contributed by atoms with Gasteiger partial charge in [-0.1, -0.05) is 53.5 Å². The van der Waals surface area contributed by atoms with Crippen LogP contribution in [0.1, 0.15) is 21.8 Å². The number of furan rings is 1. The Morgan fingerprint density at radius 3 is 2.44 bits per heavy atom. The van der Waals surface area contributed by atoms with E-state index < -0.39 is 5.97 Å². The molecular formula is C27H20Cl2N2O3. The summed E-state index contributed by atoms with van der Waals surface area (Å²) in [5.41, 5.74) is 3.69. The van der Waals surface area contributed by atoms with Crippen molar-refractivity contribution in [2.45, 2.75) is 13.1 Å². The zero-order valence-electron chi connectivity index (χ0n) is 18.0. The van der Waals surface area contributed by atoms with Crippen LogP contribution in [0.3, 0.4) is 0 Å². The van der Waals surface area contributed by atoms with Gasteiger partial charge in [-0.2, -0.15) is 0 Å². The third-order valence-electron chi connectivity index (χ3n) is 5.62. The Balaban J connectivity index is 1.43. The lowest BCUT2D eigenvalue weighted by atomic mass is 10.2. The molecule has 0 fully saturated rings. The molecule has 3 aromatic carbocycles. The van der Waals surface area contributed by atoms with Gasteiger partial charge in [-0.25, -0.2) is 4.79 Å². The minimum Gasteiger partial charge on any atom is -0.477 e. The second-order valence-corrected chi connectivity index (χ2v) is 8.79. The molecule has 0 saturated carbocycles. The predicted molar refractivity (Wildman–Crippen MR) is 136 cm³/mol. The molecule has 170 valence electrons. The molecule has 2 heterocycles. The number of nitrogens with zero attached hydrogens (tertiary/aromatic N) is 1. The Morgan fingerprint density at radius 2 is 1.68 bits per heavy atom. The van der Waals surface area contributed by atoms with Crippen molar-refractivity contribution < 1.29 is 14.3 Å². The van der Waals surface area contributed by atoms with Crippen molar-refractivity contribution in [2.24, 2.45) is 0 Å². The third kappa shape index (κ3) is 4.53. The average molecular weight is 491 g/mol. The van der Waals surface area contributed by atoms with E-state index in [-0.39, 0.29) is 5.69 Å². The van der Waals surface area contributed by atoms with Gasteiger partial charge in [0.25, 0.3) is 0 Å². The van der Waals surface area contributed by atoms with Crippen LogP contribution in [0.4, 0.5) is 5.69 Å². The Kier molecular flexibility index (Phi) is 6.05. The number of benzene rings is 3. The van der Waals surface area contributed by atoms with E-state index in [0.29, 0.717) is 23.1 Å². The first kappa shape index (κ1) is 22.1. The van der Waals surface area contributed by atoms with Gasteiger partial charge >= 0.3 is 5.97 Å². The number of anilines is 1. The van der Waals surface area contributed by atoms with Crippen LogP contribution in [0.5, 0.6) is 0 Å². The molecule has 0 amide bonds. The largest absolute Gasteiger partial charge is 0.477 e. The van der Waals surface area contributed by atoms with E-state index in [2.05, 4.69) is 5.32 Å². The monoisotopic (exact) mass is 490 g/mol. The van der Waals surface area contributed by atoms with Crippen LogP contribution >= 0.6 is 23.2 Å². The van der Waals surface area contributed by atoms with Crippen LogP contribution in [-0.2, 0) is 13.1 Å². The maximum atomic E-state index is 12.0. The summed E-state index contributed by atoms with van der Waals surface area (Å²) in [6.07, 6.45) is 0. The molecular weight excluding hydrogens is 471 g/mol. The second kappa shape index (κ2) is 9.29. The summed E-state index contributed by atoms with van der Waals surface area (Å²) in [4.78, 5) is 12.0. The molecule has 7 heteroatoms. The van der Waals surface area contributed by atoms with Crippen molar-refractivity contribution in [3.63, 3.8) is 0 Å². The number of aromatic carboxylic acids is 1. The number of carboxylic acid groups (broad SMARTS) is 1. The summed E-state index contributed by atoms with van der Waals surface area (Å²) >= 11 is 12.2. The van der Waals surface area contributed by atoms with Crippen molar-refractivity contribution in [1.29, 1.82) is 0 Å². The van der Waals surface area contributed by atoms with Gasteiger partial charge in [0.2, 0.25) is 0 Å². The summed E-state index contributed by atoms with van der Waals surface area (Å²) in [7, 11) is 0. The molecule has 0 saturated heterocycles. The van der Waals surface area contributed by atoms with Gasteiger partial charge in [0.05, 0.1) is 12.1 Å². The standard InChI is InChI=1S/C27H20Cl2N2O3/c28-19-6-1-4-17(12-19)16-31-24-9-3-8-23(22(24)14-25(31)27(32)33)30-15-21-10-11-26(34-21)18-5-2-7-20(29)13-18/h1-14,30H,15-16H2,(H,32,33). The highest BCUT2D eigenvalue weighted by atomic mass is 35.5. The van der Waals surface area contributed by atoms with Crippen molar-refractivity contribution >= 4 is 45.8 Å². The number of carboxylic acids is 1. The Hall–Kier alpha value is -3.67. The topological polar surface area (TPSA) is 67.4 Å². The summed E-state index contributed by atoms with van der Waals surface area (Å²) in [6, 6.07) is 26.2. The number of fused-ring (bicyclic) bond motifs is 1. The van der Waals surface area contributed by atoms with Crippen LogP contribution in [0.2, 0.25) is 10.0 Å². The van der Waals surface area contributed by atoms with Gasteiger partial charge in [-0.15, -0.1) is 0 Å². The van der Waals surface area contributed by atoms with Gasteiger partial charge in [0.15, 0.2) is 0 Å². The zero-order chi connectivity index (χ0) is 23.7. The van der Waals surface area contributed by atoms with E-state index in [0.717, 1.165) is 39.2 Å². The second-order valence-electron chi connectivity index (χ2n) is 7.92. The summed E-state index contributed by atoms with van der Waals surface area (Å²) in [5.74, 6) is 0.503. The highest BCUT2D eigenvalue weighted by molar-refractivity contribution is 6.31. The first-order valence-corrected chi connectivity index (χ1v) is 11.4. The maximum absolute atomic E-state index is 12.0. The first-order chi connectivity index (χ1) is 16.5. The first-order valence-electron chi connectivity index (χ1n) is 10.7. The van der Waals surface area contributed by atoms with Gasteiger partial charge in [0.1, 0.15) is 17.2 Å². The van der Waals surface area contributed by atoms with Crippen LogP contribution in [0, 0.1) is 0 Å². The SMILES string of the molecule is O=C(O)c1cc2c(NCc3ccc(-c4cccc(Cl)c4)o3)cccc2n1Cc1cccc(Cl)c1. The van der Waals surface area contributed by atoms with Gasteiger partial charge in [0, 0.05) is 33.2 Å². The number of hydrogen-bond acceptors (Lipinski definition) is 3. The number of hydrogen-bond donors (Lipinski definition) is 2. The number of halogens is 2. The van der Waals surface area contributed by atoms with E-state index >= 15 is 0 Å². The lowest BCUT2D eigenvalue weighted by Crippen LogP contribution is -2.09. The number of aromatic nitrogens is 1.